The predicted molar refractivity (Wildman–Crippen MR) is 74.2 cm³/mol. The molecule has 3 nitrogen and oxygen atoms in total. The molecule has 1 aliphatic heterocycles. The summed E-state index contributed by atoms with van der Waals surface area (Å²) in [6.45, 7) is 3.53. The lowest BCUT2D eigenvalue weighted by atomic mass is 10.0. The zero-order valence-corrected chi connectivity index (χ0v) is 12.3. The molecule has 1 aromatic rings. The van der Waals surface area contributed by atoms with Crippen molar-refractivity contribution in [1.29, 1.82) is 0 Å². The van der Waals surface area contributed by atoms with Crippen molar-refractivity contribution in [1.82, 2.24) is 4.90 Å². The Morgan fingerprint density at radius 1 is 1.65 bits per heavy atom. The van der Waals surface area contributed by atoms with Gasteiger partial charge in [0.2, 0.25) is 5.91 Å². The number of nitrogens with two attached hydrogens (primary N) is 1. The summed E-state index contributed by atoms with van der Waals surface area (Å²) in [5, 5.41) is 0. The Bertz CT molecular complexity index is 407. The first-order valence-electron chi connectivity index (χ1n) is 5.87. The molecule has 17 heavy (non-hydrogen) atoms. The average molecular weight is 317 g/mol. The Morgan fingerprint density at radius 2 is 2.41 bits per heavy atom. The summed E-state index contributed by atoms with van der Waals surface area (Å²) in [5.41, 5.74) is 5.91. The number of nitrogens with zero attached hydrogens (tertiary/aromatic N) is 1. The maximum atomic E-state index is 12.3. The fraction of sp³-hybridized carbons (Fsp3) is 0.583. The largest absolute Gasteiger partial charge is 0.341 e. The first-order chi connectivity index (χ1) is 8.08. The second-order valence-corrected chi connectivity index (χ2v) is 7.04. The fourth-order valence-corrected chi connectivity index (χ4v) is 3.63. The van der Waals surface area contributed by atoms with Gasteiger partial charge < -0.3 is 10.6 Å². The molecule has 5 heteroatoms. The van der Waals surface area contributed by atoms with Crippen LogP contribution in [0.3, 0.4) is 0 Å². The van der Waals surface area contributed by atoms with Crippen molar-refractivity contribution in [3.8, 4) is 0 Å². The molecule has 0 aromatic carbocycles. The molecule has 1 saturated heterocycles. The SMILES string of the molecule is CC(C(=O)N1CCCC(N)C1)c1ccc(Br)s1. The monoisotopic (exact) mass is 316 g/mol. The summed E-state index contributed by atoms with van der Waals surface area (Å²) in [6, 6.07) is 4.15. The molecule has 0 spiro atoms. The zero-order valence-electron chi connectivity index (χ0n) is 9.86. The Labute approximate surface area is 114 Å². The minimum absolute atomic E-state index is 0.0587. The highest BCUT2D eigenvalue weighted by molar-refractivity contribution is 9.11. The van der Waals surface area contributed by atoms with Gasteiger partial charge >= 0.3 is 0 Å². The van der Waals surface area contributed by atoms with Crippen LogP contribution in [0.25, 0.3) is 0 Å². The van der Waals surface area contributed by atoms with Crippen molar-refractivity contribution in [2.45, 2.75) is 31.7 Å². The standard InChI is InChI=1S/C12H17BrN2OS/c1-8(10-4-5-11(13)17-10)12(16)15-6-2-3-9(14)7-15/h4-5,8-9H,2-3,6-7,14H2,1H3. The first kappa shape index (κ1) is 13.1. The van der Waals surface area contributed by atoms with Crippen LogP contribution in [0.4, 0.5) is 0 Å². The highest BCUT2D eigenvalue weighted by Crippen LogP contribution is 2.30. The molecular formula is C12H17BrN2OS. The van der Waals surface area contributed by atoms with Crippen LogP contribution in [-0.4, -0.2) is 29.9 Å². The summed E-state index contributed by atoms with van der Waals surface area (Å²) >= 11 is 5.06. The van der Waals surface area contributed by atoms with Crippen LogP contribution in [0.15, 0.2) is 15.9 Å². The number of halogens is 1. The van der Waals surface area contributed by atoms with E-state index in [-0.39, 0.29) is 17.9 Å². The smallest absolute Gasteiger partial charge is 0.230 e. The predicted octanol–water partition coefficient (Wildman–Crippen LogP) is 2.56. The van der Waals surface area contributed by atoms with Gasteiger partial charge in [-0.25, -0.2) is 0 Å². The van der Waals surface area contributed by atoms with E-state index in [0.29, 0.717) is 6.54 Å². The lowest BCUT2D eigenvalue weighted by molar-refractivity contribution is -0.133. The maximum absolute atomic E-state index is 12.3. The van der Waals surface area contributed by atoms with E-state index in [0.717, 1.165) is 28.0 Å². The molecule has 2 unspecified atom stereocenters. The van der Waals surface area contributed by atoms with E-state index < -0.39 is 0 Å². The first-order valence-corrected chi connectivity index (χ1v) is 7.48. The highest BCUT2D eigenvalue weighted by Gasteiger charge is 2.26. The number of amides is 1. The van der Waals surface area contributed by atoms with Gasteiger partial charge in [0.15, 0.2) is 0 Å². The van der Waals surface area contributed by atoms with Gasteiger partial charge in [0.05, 0.1) is 9.70 Å². The summed E-state index contributed by atoms with van der Waals surface area (Å²) in [5.74, 6) is 0.145. The maximum Gasteiger partial charge on any atom is 0.230 e. The summed E-state index contributed by atoms with van der Waals surface area (Å²) < 4.78 is 1.07. The molecule has 0 aliphatic carbocycles. The molecule has 1 aromatic heterocycles. The van der Waals surface area contributed by atoms with Gasteiger partial charge in [0.25, 0.3) is 0 Å². The van der Waals surface area contributed by atoms with E-state index in [1.165, 1.54) is 0 Å². The molecule has 2 atom stereocenters. The molecule has 0 saturated carbocycles. The molecule has 2 rings (SSSR count). The second-order valence-electron chi connectivity index (χ2n) is 4.55. The van der Waals surface area contributed by atoms with Crippen LogP contribution in [0.5, 0.6) is 0 Å². The normalized spacial score (nSPS) is 22.5. The molecule has 0 radical (unpaired) electrons. The third-order valence-corrected chi connectivity index (χ3v) is 4.97. The van der Waals surface area contributed by atoms with E-state index >= 15 is 0 Å². The third kappa shape index (κ3) is 3.09. The van der Waals surface area contributed by atoms with E-state index in [4.69, 9.17) is 5.73 Å². The van der Waals surface area contributed by atoms with E-state index in [1.54, 1.807) is 11.3 Å². The molecular weight excluding hydrogens is 300 g/mol. The Balaban J connectivity index is 2.04. The van der Waals surface area contributed by atoms with E-state index in [1.807, 2.05) is 24.0 Å². The molecule has 2 heterocycles. The Kier molecular flexibility index (Phi) is 4.22. The fourth-order valence-electron chi connectivity index (χ4n) is 2.17. The molecule has 0 bridgehead atoms. The van der Waals surface area contributed by atoms with E-state index in [2.05, 4.69) is 15.9 Å². The van der Waals surface area contributed by atoms with Gasteiger partial charge in [-0.2, -0.15) is 0 Å². The van der Waals surface area contributed by atoms with Crippen molar-refractivity contribution >= 4 is 33.2 Å². The van der Waals surface area contributed by atoms with Gasteiger partial charge in [0, 0.05) is 24.0 Å². The van der Waals surface area contributed by atoms with Crippen LogP contribution in [0.1, 0.15) is 30.6 Å². The molecule has 1 aliphatic rings. The molecule has 1 fully saturated rings. The Morgan fingerprint density at radius 3 is 3.00 bits per heavy atom. The van der Waals surface area contributed by atoms with Crippen molar-refractivity contribution in [2.24, 2.45) is 5.73 Å². The van der Waals surface area contributed by atoms with Gasteiger partial charge in [-0.05, 0) is 47.8 Å². The van der Waals surface area contributed by atoms with Crippen LogP contribution in [-0.2, 0) is 4.79 Å². The summed E-state index contributed by atoms with van der Waals surface area (Å²) in [6.07, 6.45) is 2.05. The summed E-state index contributed by atoms with van der Waals surface area (Å²) in [7, 11) is 0. The number of carbonyl (C=O) groups excluding carboxylic acids is 1. The number of likely N-dealkylation sites (tertiary alicyclic amines) is 1. The van der Waals surface area contributed by atoms with Gasteiger partial charge in [0.1, 0.15) is 0 Å². The van der Waals surface area contributed by atoms with Crippen LogP contribution >= 0.6 is 27.3 Å². The van der Waals surface area contributed by atoms with Crippen LogP contribution < -0.4 is 5.73 Å². The lowest BCUT2D eigenvalue weighted by Crippen LogP contribution is -2.46. The molecule has 94 valence electrons. The van der Waals surface area contributed by atoms with Crippen LogP contribution in [0.2, 0.25) is 0 Å². The number of hydrogen-bond donors (Lipinski definition) is 1. The van der Waals surface area contributed by atoms with E-state index in [9.17, 15) is 4.79 Å². The minimum atomic E-state index is -0.0587. The van der Waals surface area contributed by atoms with Crippen molar-refractivity contribution < 1.29 is 4.79 Å². The number of piperidine rings is 1. The number of rotatable bonds is 2. The minimum Gasteiger partial charge on any atom is -0.341 e. The highest BCUT2D eigenvalue weighted by atomic mass is 79.9. The van der Waals surface area contributed by atoms with Crippen molar-refractivity contribution in [2.75, 3.05) is 13.1 Å². The Hall–Kier alpha value is -0.390. The second kappa shape index (κ2) is 5.50. The lowest BCUT2D eigenvalue weighted by Gasteiger charge is -2.32. The van der Waals surface area contributed by atoms with Crippen LogP contribution in [0, 0.1) is 0 Å². The topological polar surface area (TPSA) is 46.3 Å². The number of hydrogen-bond acceptors (Lipinski definition) is 3. The van der Waals surface area contributed by atoms with Crippen molar-refractivity contribution in [3.05, 3.63) is 20.8 Å². The number of thiophene rings is 1. The van der Waals surface area contributed by atoms with Gasteiger partial charge in [-0.15, -0.1) is 11.3 Å². The van der Waals surface area contributed by atoms with Gasteiger partial charge in [-0.3, -0.25) is 4.79 Å². The zero-order chi connectivity index (χ0) is 12.4. The third-order valence-electron chi connectivity index (χ3n) is 3.16. The quantitative estimate of drug-likeness (QED) is 0.911. The summed E-state index contributed by atoms with van der Waals surface area (Å²) in [4.78, 5) is 15.3. The number of carbonyl (C=O) groups is 1. The van der Waals surface area contributed by atoms with Crippen molar-refractivity contribution in [3.63, 3.8) is 0 Å². The molecule has 2 N–H and O–H groups in total. The van der Waals surface area contributed by atoms with Gasteiger partial charge in [-0.1, -0.05) is 0 Å². The molecule has 1 amide bonds. The average Bonchev–Trinajstić information content (AvgIpc) is 2.74.